The molecule has 5 heteroatoms. The van der Waals surface area contributed by atoms with Crippen molar-refractivity contribution in [3.63, 3.8) is 0 Å². The second kappa shape index (κ2) is 7.34. The highest BCUT2D eigenvalue weighted by Gasteiger charge is 2.05. The third-order valence-electron chi connectivity index (χ3n) is 2.28. The van der Waals surface area contributed by atoms with Crippen LogP contribution < -0.4 is 10.6 Å². The molecule has 2 N–H and O–H groups in total. The average molecular weight is 273 g/mol. The molecule has 1 aromatic carbocycles. The second-order valence-electron chi connectivity index (χ2n) is 4.53. The van der Waals surface area contributed by atoms with Crippen LogP contribution in [-0.4, -0.2) is 19.0 Å². The third kappa shape index (κ3) is 5.47. The Hall–Kier alpha value is -1.13. The highest BCUT2D eigenvalue weighted by molar-refractivity contribution is 6.31. The molecule has 0 aliphatic rings. The van der Waals surface area contributed by atoms with E-state index in [1.54, 1.807) is 0 Å². The standard InChI is InChI=1S/C13H18ClFN2O/c1-9(2)8-16-6-5-13(18)17-10-3-4-12(15)11(14)7-10/h3-4,7,9,16H,5-6,8H2,1-2H3,(H,17,18). The molecule has 0 atom stereocenters. The largest absolute Gasteiger partial charge is 0.326 e. The Morgan fingerprint density at radius 1 is 1.44 bits per heavy atom. The first-order valence-electron chi connectivity index (χ1n) is 5.94. The fourth-order valence-corrected chi connectivity index (χ4v) is 1.57. The van der Waals surface area contributed by atoms with Gasteiger partial charge in [-0.05, 0) is 30.7 Å². The zero-order chi connectivity index (χ0) is 13.5. The Morgan fingerprint density at radius 2 is 2.17 bits per heavy atom. The van der Waals surface area contributed by atoms with E-state index in [9.17, 15) is 9.18 Å². The van der Waals surface area contributed by atoms with Gasteiger partial charge in [0.2, 0.25) is 5.91 Å². The lowest BCUT2D eigenvalue weighted by molar-refractivity contribution is -0.116. The Balaban J connectivity index is 2.33. The fraction of sp³-hybridized carbons (Fsp3) is 0.462. The lowest BCUT2D eigenvalue weighted by atomic mass is 10.2. The van der Waals surface area contributed by atoms with Crippen LogP contribution in [0.1, 0.15) is 20.3 Å². The maximum atomic E-state index is 12.9. The Kier molecular flexibility index (Phi) is 6.09. The van der Waals surface area contributed by atoms with E-state index in [0.717, 1.165) is 6.54 Å². The highest BCUT2D eigenvalue weighted by Crippen LogP contribution is 2.19. The van der Waals surface area contributed by atoms with E-state index < -0.39 is 5.82 Å². The first kappa shape index (κ1) is 14.9. The molecule has 0 aromatic heterocycles. The minimum atomic E-state index is -0.492. The fourth-order valence-electron chi connectivity index (χ4n) is 1.39. The van der Waals surface area contributed by atoms with Gasteiger partial charge >= 0.3 is 0 Å². The van der Waals surface area contributed by atoms with Crippen LogP contribution in [0.2, 0.25) is 5.02 Å². The number of carbonyl (C=O) groups excluding carboxylic acids is 1. The normalized spacial score (nSPS) is 10.7. The summed E-state index contributed by atoms with van der Waals surface area (Å²) in [5.74, 6) is -0.0498. The maximum absolute atomic E-state index is 12.9. The molecule has 0 saturated heterocycles. The summed E-state index contributed by atoms with van der Waals surface area (Å²) in [7, 11) is 0. The van der Waals surface area contributed by atoms with Crippen molar-refractivity contribution >= 4 is 23.2 Å². The Morgan fingerprint density at radius 3 is 2.78 bits per heavy atom. The highest BCUT2D eigenvalue weighted by atomic mass is 35.5. The first-order valence-corrected chi connectivity index (χ1v) is 6.32. The number of carbonyl (C=O) groups is 1. The van der Waals surface area contributed by atoms with Crippen LogP contribution in [-0.2, 0) is 4.79 Å². The van der Waals surface area contributed by atoms with Gasteiger partial charge < -0.3 is 10.6 Å². The quantitative estimate of drug-likeness (QED) is 0.782. The zero-order valence-corrected chi connectivity index (χ0v) is 11.4. The number of rotatable bonds is 6. The first-order chi connectivity index (χ1) is 8.49. The molecule has 0 spiro atoms. The number of hydrogen-bond donors (Lipinski definition) is 2. The van der Waals surface area contributed by atoms with Crippen LogP contribution in [0.15, 0.2) is 18.2 Å². The van der Waals surface area contributed by atoms with Gasteiger partial charge in [0.25, 0.3) is 0 Å². The lowest BCUT2D eigenvalue weighted by Gasteiger charge is -2.08. The van der Waals surface area contributed by atoms with Gasteiger partial charge in [-0.25, -0.2) is 4.39 Å². The van der Waals surface area contributed by atoms with Crippen LogP contribution in [0.4, 0.5) is 10.1 Å². The van der Waals surface area contributed by atoms with Crippen molar-refractivity contribution < 1.29 is 9.18 Å². The minimum Gasteiger partial charge on any atom is -0.326 e. The van der Waals surface area contributed by atoms with Crippen LogP contribution in [0, 0.1) is 11.7 Å². The molecule has 0 aliphatic carbocycles. The molecule has 0 aliphatic heterocycles. The zero-order valence-electron chi connectivity index (χ0n) is 10.6. The van der Waals surface area contributed by atoms with Crippen molar-refractivity contribution in [3.05, 3.63) is 29.0 Å². The monoisotopic (exact) mass is 272 g/mol. The molecular weight excluding hydrogens is 255 g/mol. The second-order valence-corrected chi connectivity index (χ2v) is 4.93. The number of nitrogens with one attached hydrogen (secondary N) is 2. The van der Waals surface area contributed by atoms with E-state index in [2.05, 4.69) is 24.5 Å². The van der Waals surface area contributed by atoms with Crippen molar-refractivity contribution in [2.24, 2.45) is 5.92 Å². The third-order valence-corrected chi connectivity index (χ3v) is 2.57. The van der Waals surface area contributed by atoms with Gasteiger partial charge in [0, 0.05) is 18.7 Å². The van der Waals surface area contributed by atoms with Crippen LogP contribution >= 0.6 is 11.6 Å². The number of amides is 1. The molecule has 0 fully saturated rings. The molecule has 0 bridgehead atoms. The SMILES string of the molecule is CC(C)CNCCC(=O)Nc1ccc(F)c(Cl)c1. The van der Waals surface area contributed by atoms with E-state index in [1.165, 1.54) is 18.2 Å². The number of benzene rings is 1. The summed E-state index contributed by atoms with van der Waals surface area (Å²) in [6.07, 6.45) is 0.377. The van der Waals surface area contributed by atoms with Crippen molar-refractivity contribution in [2.45, 2.75) is 20.3 Å². The van der Waals surface area contributed by atoms with E-state index >= 15 is 0 Å². The average Bonchev–Trinajstić information content (AvgIpc) is 2.29. The summed E-state index contributed by atoms with van der Waals surface area (Å²) in [4.78, 5) is 11.6. The summed E-state index contributed by atoms with van der Waals surface area (Å²) >= 11 is 5.62. The summed E-state index contributed by atoms with van der Waals surface area (Å²) in [5, 5.41) is 5.85. The van der Waals surface area contributed by atoms with Gasteiger partial charge in [0.1, 0.15) is 5.82 Å². The predicted octanol–water partition coefficient (Wildman–Crippen LogP) is 3.05. The molecule has 1 rings (SSSR count). The smallest absolute Gasteiger partial charge is 0.225 e. The number of anilines is 1. The Bertz CT molecular complexity index is 410. The number of halogens is 2. The summed E-state index contributed by atoms with van der Waals surface area (Å²) in [6.45, 7) is 5.72. The van der Waals surface area contributed by atoms with Gasteiger partial charge in [-0.3, -0.25) is 4.79 Å². The maximum Gasteiger partial charge on any atom is 0.225 e. The van der Waals surface area contributed by atoms with E-state index in [1.807, 2.05) is 0 Å². The molecule has 0 unspecified atom stereocenters. The summed E-state index contributed by atoms with van der Waals surface area (Å²) in [6, 6.07) is 4.12. The van der Waals surface area contributed by atoms with Gasteiger partial charge in [0.05, 0.1) is 5.02 Å². The van der Waals surface area contributed by atoms with Gasteiger partial charge in [0.15, 0.2) is 0 Å². The predicted molar refractivity (Wildman–Crippen MR) is 72.4 cm³/mol. The molecule has 0 heterocycles. The molecule has 3 nitrogen and oxygen atoms in total. The Labute approximate surface area is 112 Å². The summed E-state index contributed by atoms with van der Waals surface area (Å²) in [5.41, 5.74) is 0.509. The molecular formula is C13H18ClFN2O. The van der Waals surface area contributed by atoms with Crippen molar-refractivity contribution in [3.8, 4) is 0 Å². The molecule has 0 radical (unpaired) electrons. The lowest BCUT2D eigenvalue weighted by Crippen LogP contribution is -2.24. The van der Waals surface area contributed by atoms with Crippen LogP contribution in [0.3, 0.4) is 0 Å². The molecule has 1 aromatic rings. The molecule has 100 valence electrons. The summed E-state index contributed by atoms with van der Waals surface area (Å²) < 4.78 is 12.9. The topological polar surface area (TPSA) is 41.1 Å². The van der Waals surface area contributed by atoms with Crippen molar-refractivity contribution in [1.82, 2.24) is 5.32 Å². The van der Waals surface area contributed by atoms with E-state index in [4.69, 9.17) is 11.6 Å². The van der Waals surface area contributed by atoms with E-state index in [-0.39, 0.29) is 10.9 Å². The molecule has 18 heavy (non-hydrogen) atoms. The minimum absolute atomic E-state index is 0.00531. The van der Waals surface area contributed by atoms with Crippen LogP contribution in [0.5, 0.6) is 0 Å². The number of hydrogen-bond acceptors (Lipinski definition) is 2. The molecule has 0 saturated carbocycles. The van der Waals surface area contributed by atoms with Gasteiger partial charge in [-0.15, -0.1) is 0 Å². The molecule has 1 amide bonds. The van der Waals surface area contributed by atoms with E-state index in [0.29, 0.717) is 24.6 Å². The van der Waals surface area contributed by atoms with Gasteiger partial charge in [-0.2, -0.15) is 0 Å². The van der Waals surface area contributed by atoms with Crippen LogP contribution in [0.25, 0.3) is 0 Å². The van der Waals surface area contributed by atoms with Gasteiger partial charge in [-0.1, -0.05) is 25.4 Å². The van der Waals surface area contributed by atoms with Crippen molar-refractivity contribution in [2.75, 3.05) is 18.4 Å². The van der Waals surface area contributed by atoms with Crippen molar-refractivity contribution in [1.29, 1.82) is 0 Å².